The van der Waals surface area contributed by atoms with Crippen molar-refractivity contribution in [2.24, 2.45) is 0 Å². The quantitative estimate of drug-likeness (QED) is 0.786. The number of ether oxygens (including phenoxy) is 1. The van der Waals surface area contributed by atoms with Crippen molar-refractivity contribution in [2.45, 2.75) is 6.92 Å². The Labute approximate surface area is 99.6 Å². The molecule has 2 N–H and O–H groups in total. The highest BCUT2D eigenvalue weighted by Gasteiger charge is 2.08. The van der Waals surface area contributed by atoms with Crippen LogP contribution < -0.4 is 15.4 Å². The Morgan fingerprint density at radius 3 is 2.75 bits per heavy atom. The summed E-state index contributed by atoms with van der Waals surface area (Å²) in [5.41, 5.74) is 5.58. The number of aromatic nitrogens is 3. The number of thioether (sulfide) groups is 1. The summed E-state index contributed by atoms with van der Waals surface area (Å²) in [5, 5.41) is 0. The second kappa shape index (κ2) is 6.37. The molecule has 0 aliphatic heterocycles. The molecular weight excluding hydrogens is 226 g/mol. The van der Waals surface area contributed by atoms with Gasteiger partial charge in [-0.2, -0.15) is 26.7 Å². The van der Waals surface area contributed by atoms with E-state index in [9.17, 15) is 0 Å². The Hall–Kier alpha value is -1.24. The van der Waals surface area contributed by atoms with Gasteiger partial charge in [0, 0.05) is 19.3 Å². The maximum atomic E-state index is 5.58. The fraction of sp³-hybridized carbons (Fsp3) is 0.667. The first-order chi connectivity index (χ1) is 7.67. The van der Waals surface area contributed by atoms with E-state index < -0.39 is 0 Å². The van der Waals surface area contributed by atoms with E-state index in [0.717, 1.165) is 12.3 Å². The van der Waals surface area contributed by atoms with Crippen LogP contribution in [-0.4, -0.2) is 47.2 Å². The predicted molar refractivity (Wildman–Crippen MR) is 67.1 cm³/mol. The van der Waals surface area contributed by atoms with Gasteiger partial charge in [0.15, 0.2) is 0 Å². The number of nitrogen functional groups attached to an aromatic ring is 1. The summed E-state index contributed by atoms with van der Waals surface area (Å²) in [6.45, 7) is 3.24. The van der Waals surface area contributed by atoms with Gasteiger partial charge in [-0.05, 0) is 13.2 Å². The van der Waals surface area contributed by atoms with Crippen molar-refractivity contribution in [2.75, 3.05) is 42.8 Å². The SMILES string of the molecule is CCOc1nc(N)nc(N(C)CCSC)n1. The Kier molecular flexibility index (Phi) is 5.10. The second-order valence-electron chi connectivity index (χ2n) is 3.12. The van der Waals surface area contributed by atoms with Crippen LogP contribution in [0, 0.1) is 0 Å². The topological polar surface area (TPSA) is 77.2 Å². The minimum Gasteiger partial charge on any atom is -0.464 e. The van der Waals surface area contributed by atoms with Gasteiger partial charge < -0.3 is 15.4 Å². The number of rotatable bonds is 6. The van der Waals surface area contributed by atoms with Crippen LogP contribution in [0.25, 0.3) is 0 Å². The molecule has 1 aromatic heterocycles. The maximum absolute atomic E-state index is 5.58. The van der Waals surface area contributed by atoms with Crippen LogP contribution in [0.2, 0.25) is 0 Å². The lowest BCUT2D eigenvalue weighted by molar-refractivity contribution is 0.312. The van der Waals surface area contributed by atoms with E-state index in [0.29, 0.717) is 12.6 Å². The fourth-order valence-corrected chi connectivity index (χ4v) is 1.51. The van der Waals surface area contributed by atoms with Crippen molar-refractivity contribution in [3.05, 3.63) is 0 Å². The standard InChI is InChI=1S/C9H17N5OS/c1-4-15-9-12-7(10)11-8(13-9)14(2)5-6-16-3/h4-6H2,1-3H3,(H2,10,11,12,13). The smallest absolute Gasteiger partial charge is 0.323 e. The van der Waals surface area contributed by atoms with Gasteiger partial charge in [-0.25, -0.2) is 0 Å². The molecule has 0 fully saturated rings. The fourth-order valence-electron chi connectivity index (χ4n) is 1.05. The summed E-state index contributed by atoms with van der Waals surface area (Å²) in [4.78, 5) is 14.0. The lowest BCUT2D eigenvalue weighted by Gasteiger charge is -2.16. The third kappa shape index (κ3) is 3.73. The number of anilines is 2. The van der Waals surface area contributed by atoms with Crippen LogP contribution in [0.3, 0.4) is 0 Å². The number of hydrogen-bond acceptors (Lipinski definition) is 7. The first-order valence-corrected chi connectivity index (χ1v) is 6.41. The van der Waals surface area contributed by atoms with Gasteiger partial charge in [-0.3, -0.25) is 0 Å². The molecule has 0 aliphatic carbocycles. The van der Waals surface area contributed by atoms with Crippen LogP contribution in [-0.2, 0) is 0 Å². The zero-order valence-electron chi connectivity index (χ0n) is 9.80. The van der Waals surface area contributed by atoms with E-state index in [1.807, 2.05) is 18.9 Å². The summed E-state index contributed by atoms with van der Waals surface area (Å²) in [7, 11) is 1.92. The summed E-state index contributed by atoms with van der Waals surface area (Å²) in [6.07, 6.45) is 2.06. The van der Waals surface area contributed by atoms with Crippen LogP contribution in [0.4, 0.5) is 11.9 Å². The molecule has 0 unspecified atom stereocenters. The molecule has 0 aromatic carbocycles. The minimum atomic E-state index is 0.185. The molecule has 1 aromatic rings. The van der Waals surface area contributed by atoms with E-state index in [-0.39, 0.29) is 12.0 Å². The van der Waals surface area contributed by atoms with E-state index in [2.05, 4.69) is 21.2 Å². The average Bonchev–Trinajstić information content (AvgIpc) is 2.25. The van der Waals surface area contributed by atoms with Gasteiger partial charge in [-0.15, -0.1) is 0 Å². The molecule has 0 saturated heterocycles. The molecule has 0 amide bonds. The average molecular weight is 243 g/mol. The molecule has 1 heterocycles. The second-order valence-corrected chi connectivity index (χ2v) is 4.11. The van der Waals surface area contributed by atoms with E-state index >= 15 is 0 Å². The van der Waals surface area contributed by atoms with Crippen molar-refractivity contribution in [1.29, 1.82) is 0 Å². The molecule has 0 bridgehead atoms. The molecule has 0 spiro atoms. The summed E-state index contributed by atoms with van der Waals surface area (Å²) >= 11 is 1.77. The van der Waals surface area contributed by atoms with E-state index in [1.165, 1.54) is 0 Å². The van der Waals surface area contributed by atoms with E-state index in [4.69, 9.17) is 10.5 Å². The predicted octanol–water partition coefficient (Wildman–Crippen LogP) is 0.652. The number of nitrogens with two attached hydrogens (primary N) is 1. The molecular formula is C9H17N5OS. The van der Waals surface area contributed by atoms with Crippen LogP contribution in [0.15, 0.2) is 0 Å². The zero-order valence-corrected chi connectivity index (χ0v) is 10.6. The highest BCUT2D eigenvalue weighted by molar-refractivity contribution is 7.98. The first-order valence-electron chi connectivity index (χ1n) is 5.01. The molecule has 1 rings (SSSR count). The van der Waals surface area contributed by atoms with Gasteiger partial charge in [0.25, 0.3) is 0 Å². The Morgan fingerprint density at radius 2 is 2.12 bits per heavy atom. The van der Waals surface area contributed by atoms with Gasteiger partial charge in [-0.1, -0.05) is 0 Å². The third-order valence-corrected chi connectivity index (χ3v) is 2.46. The van der Waals surface area contributed by atoms with Crippen LogP contribution >= 0.6 is 11.8 Å². The Morgan fingerprint density at radius 1 is 1.38 bits per heavy atom. The van der Waals surface area contributed by atoms with Crippen LogP contribution in [0.5, 0.6) is 6.01 Å². The molecule has 0 atom stereocenters. The highest BCUT2D eigenvalue weighted by atomic mass is 32.2. The molecule has 0 saturated carbocycles. The van der Waals surface area contributed by atoms with Gasteiger partial charge in [0.05, 0.1) is 6.61 Å². The number of nitrogens with zero attached hydrogens (tertiary/aromatic N) is 4. The summed E-state index contributed by atoms with van der Waals surface area (Å²) in [6, 6.07) is 0.279. The molecule has 90 valence electrons. The zero-order chi connectivity index (χ0) is 12.0. The first kappa shape index (κ1) is 12.8. The normalized spacial score (nSPS) is 10.2. The summed E-state index contributed by atoms with van der Waals surface area (Å²) < 4.78 is 5.21. The molecule has 0 radical (unpaired) electrons. The Bertz CT molecular complexity index is 336. The minimum absolute atomic E-state index is 0.185. The van der Waals surface area contributed by atoms with Crippen molar-refractivity contribution in [3.63, 3.8) is 0 Å². The van der Waals surface area contributed by atoms with Crippen molar-refractivity contribution in [1.82, 2.24) is 15.0 Å². The van der Waals surface area contributed by atoms with Gasteiger partial charge in [0.2, 0.25) is 11.9 Å². The number of hydrogen-bond donors (Lipinski definition) is 1. The Balaban J connectivity index is 2.78. The van der Waals surface area contributed by atoms with E-state index in [1.54, 1.807) is 11.8 Å². The molecule has 6 nitrogen and oxygen atoms in total. The van der Waals surface area contributed by atoms with Crippen molar-refractivity contribution < 1.29 is 4.74 Å². The van der Waals surface area contributed by atoms with Gasteiger partial charge >= 0.3 is 6.01 Å². The van der Waals surface area contributed by atoms with Crippen LogP contribution in [0.1, 0.15) is 6.92 Å². The molecule has 0 aliphatic rings. The monoisotopic (exact) mass is 243 g/mol. The third-order valence-electron chi connectivity index (χ3n) is 1.87. The van der Waals surface area contributed by atoms with Crippen molar-refractivity contribution in [3.8, 4) is 6.01 Å². The van der Waals surface area contributed by atoms with Crippen molar-refractivity contribution >= 4 is 23.7 Å². The lowest BCUT2D eigenvalue weighted by atomic mass is 10.6. The largest absolute Gasteiger partial charge is 0.464 e. The van der Waals surface area contributed by atoms with Gasteiger partial charge in [0.1, 0.15) is 0 Å². The lowest BCUT2D eigenvalue weighted by Crippen LogP contribution is -2.23. The maximum Gasteiger partial charge on any atom is 0.323 e. The molecule has 16 heavy (non-hydrogen) atoms. The highest BCUT2D eigenvalue weighted by Crippen LogP contribution is 2.12. The molecule has 7 heteroatoms. The summed E-state index contributed by atoms with van der Waals surface area (Å²) in [5.74, 6) is 1.74.